The van der Waals surface area contributed by atoms with Crippen molar-refractivity contribution < 1.29 is 24.5 Å². The van der Waals surface area contributed by atoms with Gasteiger partial charge in [-0.3, -0.25) is 4.79 Å². The summed E-state index contributed by atoms with van der Waals surface area (Å²) in [6.07, 6.45) is -2.16. The molecule has 8 heteroatoms. The maximum Gasteiger partial charge on any atom is 0.305 e. The molecule has 0 aliphatic carbocycles. The van der Waals surface area contributed by atoms with E-state index in [-0.39, 0.29) is 18.2 Å². The molecule has 3 aromatic rings. The summed E-state index contributed by atoms with van der Waals surface area (Å²) in [6.45, 7) is 4.43. The number of halogens is 2. The topological polar surface area (TPSA) is 95.6 Å². The average molecular weight is 475 g/mol. The van der Waals surface area contributed by atoms with Gasteiger partial charge < -0.3 is 19.9 Å². The van der Waals surface area contributed by atoms with E-state index in [0.717, 1.165) is 28.3 Å². The molecule has 0 aliphatic rings. The van der Waals surface area contributed by atoms with Gasteiger partial charge in [0, 0.05) is 28.6 Å². The molecule has 0 fully saturated rings. The number of aliphatic carboxylic acids is 1. The second-order valence-electron chi connectivity index (χ2n) is 8.42. The van der Waals surface area contributed by atoms with E-state index in [1.165, 1.54) is 12.1 Å². The molecule has 3 N–H and O–H groups in total. The van der Waals surface area contributed by atoms with Crippen molar-refractivity contribution in [1.29, 1.82) is 0 Å². The van der Waals surface area contributed by atoms with Crippen molar-refractivity contribution in [1.82, 2.24) is 9.55 Å². The van der Waals surface area contributed by atoms with Crippen LogP contribution in [0.3, 0.4) is 0 Å². The van der Waals surface area contributed by atoms with Crippen molar-refractivity contribution in [2.45, 2.75) is 57.8 Å². The fourth-order valence-corrected chi connectivity index (χ4v) is 3.97. The molecule has 33 heavy (non-hydrogen) atoms. The van der Waals surface area contributed by atoms with E-state index in [9.17, 15) is 19.4 Å². The zero-order chi connectivity index (χ0) is 24.1. The molecule has 2 unspecified atom stereocenters. The number of imidazole rings is 1. The van der Waals surface area contributed by atoms with Crippen molar-refractivity contribution in [3.63, 3.8) is 0 Å². The Hall–Kier alpha value is -2.74. The van der Waals surface area contributed by atoms with Crippen LogP contribution in [0.2, 0.25) is 5.02 Å². The van der Waals surface area contributed by atoms with Gasteiger partial charge in [-0.25, -0.2) is 9.37 Å². The Bertz CT molecular complexity index is 1080. The lowest BCUT2D eigenvalue weighted by Gasteiger charge is -2.18. The molecule has 0 saturated heterocycles. The highest BCUT2D eigenvalue weighted by Crippen LogP contribution is 2.36. The third kappa shape index (κ3) is 6.41. The summed E-state index contributed by atoms with van der Waals surface area (Å²) in [4.78, 5) is 15.7. The van der Waals surface area contributed by atoms with Crippen LogP contribution in [0.4, 0.5) is 4.39 Å². The van der Waals surface area contributed by atoms with Crippen LogP contribution >= 0.6 is 11.6 Å². The summed E-state index contributed by atoms with van der Waals surface area (Å²) in [7, 11) is 0. The van der Waals surface area contributed by atoms with Gasteiger partial charge in [0.2, 0.25) is 0 Å². The van der Waals surface area contributed by atoms with E-state index in [2.05, 4.69) is 0 Å². The highest BCUT2D eigenvalue weighted by molar-refractivity contribution is 6.30. The second-order valence-corrected chi connectivity index (χ2v) is 8.85. The number of carboxylic acids is 1. The van der Waals surface area contributed by atoms with Gasteiger partial charge in [0.05, 0.1) is 30.0 Å². The van der Waals surface area contributed by atoms with E-state index < -0.39 is 24.6 Å². The molecule has 0 aliphatic heterocycles. The number of benzene rings is 2. The number of carboxylic acid groups (broad SMARTS) is 1. The van der Waals surface area contributed by atoms with Gasteiger partial charge >= 0.3 is 5.97 Å². The van der Waals surface area contributed by atoms with Crippen LogP contribution < -0.4 is 0 Å². The first-order valence-electron chi connectivity index (χ1n) is 10.9. The van der Waals surface area contributed by atoms with Gasteiger partial charge in [0.15, 0.2) is 0 Å². The smallest absolute Gasteiger partial charge is 0.305 e. The van der Waals surface area contributed by atoms with E-state index in [4.69, 9.17) is 21.7 Å². The molecule has 0 radical (unpaired) electrons. The van der Waals surface area contributed by atoms with Crippen molar-refractivity contribution in [3.8, 4) is 22.5 Å². The lowest BCUT2D eigenvalue weighted by molar-refractivity contribution is -0.139. The van der Waals surface area contributed by atoms with Crippen LogP contribution in [0.1, 0.15) is 44.9 Å². The minimum absolute atomic E-state index is 0.0338. The Morgan fingerprint density at radius 1 is 1.03 bits per heavy atom. The fourth-order valence-electron chi connectivity index (χ4n) is 3.84. The molecule has 1 aromatic heterocycles. The van der Waals surface area contributed by atoms with E-state index in [1.54, 1.807) is 24.3 Å². The van der Waals surface area contributed by atoms with E-state index in [1.807, 2.05) is 30.5 Å². The molecule has 6 nitrogen and oxygen atoms in total. The number of hydrogen-bond acceptors (Lipinski definition) is 4. The number of rotatable bonds is 10. The molecule has 2 aromatic carbocycles. The zero-order valence-electron chi connectivity index (χ0n) is 18.6. The molecular weight excluding hydrogens is 447 g/mol. The maximum atomic E-state index is 13.6. The Morgan fingerprint density at radius 3 is 2.21 bits per heavy atom. The standard InChI is InChI=1S/C25H28ClFN2O4/c1-15(2)25-28-23(16-3-7-18(26)8-4-16)24(17-5-9-19(27)10-6-17)29(25)12-11-20(30)13-21(31)14-22(32)33/h3-10,15,20-21,30-31H,11-14H2,1-2H3,(H,32,33). The molecule has 3 rings (SSSR count). The molecular formula is C25H28ClFN2O4. The number of carbonyl (C=O) groups is 1. The lowest BCUT2D eigenvalue weighted by atomic mass is 10.0. The van der Waals surface area contributed by atoms with Gasteiger partial charge in [-0.05, 0) is 49.2 Å². The highest BCUT2D eigenvalue weighted by Gasteiger charge is 2.23. The maximum absolute atomic E-state index is 13.6. The Morgan fingerprint density at radius 2 is 1.64 bits per heavy atom. The van der Waals surface area contributed by atoms with Crippen molar-refractivity contribution in [2.75, 3.05) is 0 Å². The number of aromatic nitrogens is 2. The summed E-state index contributed by atoms with van der Waals surface area (Å²) in [6, 6.07) is 13.5. The molecule has 2 atom stereocenters. The number of hydrogen-bond donors (Lipinski definition) is 3. The van der Waals surface area contributed by atoms with Crippen molar-refractivity contribution >= 4 is 17.6 Å². The summed E-state index contributed by atoms with van der Waals surface area (Å²) >= 11 is 6.07. The van der Waals surface area contributed by atoms with Gasteiger partial charge in [-0.15, -0.1) is 0 Å². The van der Waals surface area contributed by atoms with Crippen LogP contribution in [-0.4, -0.2) is 43.0 Å². The number of nitrogens with zero attached hydrogens (tertiary/aromatic N) is 2. The first-order chi connectivity index (χ1) is 15.7. The number of aliphatic hydroxyl groups excluding tert-OH is 2. The summed E-state index contributed by atoms with van der Waals surface area (Å²) in [5, 5.41) is 29.7. The fraction of sp³-hybridized carbons (Fsp3) is 0.360. The first kappa shape index (κ1) is 24.9. The van der Waals surface area contributed by atoms with Crippen LogP contribution in [0.5, 0.6) is 0 Å². The summed E-state index contributed by atoms with van der Waals surface area (Å²) < 4.78 is 15.6. The largest absolute Gasteiger partial charge is 0.481 e. The third-order valence-corrected chi connectivity index (χ3v) is 5.64. The molecule has 0 saturated carbocycles. The van der Waals surface area contributed by atoms with Crippen LogP contribution in [0, 0.1) is 5.82 Å². The summed E-state index contributed by atoms with van der Waals surface area (Å²) in [5.41, 5.74) is 3.15. The second kappa shape index (κ2) is 10.9. The Labute approximate surface area is 197 Å². The zero-order valence-corrected chi connectivity index (χ0v) is 19.3. The predicted molar refractivity (Wildman–Crippen MR) is 126 cm³/mol. The number of aliphatic hydroxyl groups is 2. The van der Waals surface area contributed by atoms with E-state index in [0.29, 0.717) is 18.0 Å². The highest BCUT2D eigenvalue weighted by atomic mass is 35.5. The van der Waals surface area contributed by atoms with E-state index >= 15 is 0 Å². The van der Waals surface area contributed by atoms with Crippen LogP contribution in [-0.2, 0) is 11.3 Å². The Balaban J connectivity index is 2.01. The molecule has 0 spiro atoms. The van der Waals surface area contributed by atoms with Gasteiger partial charge in [-0.1, -0.05) is 37.6 Å². The molecule has 1 heterocycles. The third-order valence-electron chi connectivity index (χ3n) is 5.39. The van der Waals surface area contributed by atoms with Crippen molar-refractivity contribution in [3.05, 3.63) is 65.2 Å². The first-order valence-corrected chi connectivity index (χ1v) is 11.2. The lowest BCUT2D eigenvalue weighted by Crippen LogP contribution is -2.22. The molecule has 176 valence electrons. The van der Waals surface area contributed by atoms with Crippen molar-refractivity contribution in [2.24, 2.45) is 0 Å². The van der Waals surface area contributed by atoms with Crippen LogP contribution in [0.15, 0.2) is 48.5 Å². The molecule has 0 amide bonds. The van der Waals surface area contributed by atoms with Gasteiger partial charge in [0.1, 0.15) is 11.6 Å². The predicted octanol–water partition coefficient (Wildman–Crippen LogP) is 5.11. The Kier molecular flexibility index (Phi) is 8.24. The summed E-state index contributed by atoms with van der Waals surface area (Å²) in [5.74, 6) is -0.583. The minimum Gasteiger partial charge on any atom is -0.481 e. The van der Waals surface area contributed by atoms with Crippen LogP contribution in [0.25, 0.3) is 22.5 Å². The quantitative estimate of drug-likeness (QED) is 0.379. The minimum atomic E-state index is -1.12. The van der Waals surface area contributed by atoms with Gasteiger partial charge in [-0.2, -0.15) is 0 Å². The van der Waals surface area contributed by atoms with Gasteiger partial charge in [0.25, 0.3) is 0 Å². The SMILES string of the molecule is CC(C)c1nc(-c2ccc(Cl)cc2)c(-c2ccc(F)cc2)n1CCC(O)CC(O)CC(=O)O. The monoisotopic (exact) mass is 474 g/mol. The molecule has 0 bridgehead atoms. The normalized spacial score (nSPS) is 13.3. The average Bonchev–Trinajstić information content (AvgIpc) is 3.12.